The molecule has 0 saturated carbocycles. The minimum atomic E-state index is -3.88. The summed E-state index contributed by atoms with van der Waals surface area (Å²) in [4.78, 5) is 15.3. The molecule has 0 aliphatic rings. The van der Waals surface area contributed by atoms with Crippen molar-refractivity contribution in [3.63, 3.8) is 0 Å². The highest BCUT2D eigenvalue weighted by atomic mass is 32.2. The Bertz CT molecular complexity index is 1060. The zero-order valence-electron chi connectivity index (χ0n) is 16.1. The number of amides is 1. The Labute approximate surface area is 169 Å². The van der Waals surface area contributed by atoms with Gasteiger partial charge in [-0.2, -0.15) is 4.80 Å². The maximum atomic E-state index is 12.4. The van der Waals surface area contributed by atoms with Gasteiger partial charge in [-0.1, -0.05) is 56.3 Å². The van der Waals surface area contributed by atoms with Crippen LogP contribution in [0.2, 0.25) is 0 Å². The standard InChI is InChI=1S/C19H22N6O3S/c1-3-14(2)15-9-11-17(12-10-15)29(27,28)24-20-18(26)13-25-22-19(21-23-25)16-7-5-4-6-8-16/h4-12,14,24H,3,13H2,1-2H3,(H,20,26)/t14-/m0/s1. The molecule has 29 heavy (non-hydrogen) atoms. The first-order valence-electron chi connectivity index (χ1n) is 9.13. The lowest BCUT2D eigenvalue weighted by atomic mass is 9.99. The van der Waals surface area contributed by atoms with E-state index < -0.39 is 15.9 Å². The summed E-state index contributed by atoms with van der Waals surface area (Å²) < 4.78 is 24.7. The number of benzene rings is 2. The van der Waals surface area contributed by atoms with Gasteiger partial charge in [-0.15, -0.1) is 15.0 Å². The van der Waals surface area contributed by atoms with Crippen LogP contribution in [0.3, 0.4) is 0 Å². The minimum Gasteiger partial charge on any atom is -0.276 e. The average Bonchev–Trinajstić information content (AvgIpc) is 3.21. The van der Waals surface area contributed by atoms with Gasteiger partial charge in [0.15, 0.2) is 0 Å². The number of hydrogen-bond donors (Lipinski definition) is 2. The number of carbonyl (C=O) groups excluding carboxylic acids is 1. The molecule has 152 valence electrons. The zero-order valence-corrected chi connectivity index (χ0v) is 16.9. The van der Waals surface area contributed by atoms with Gasteiger partial charge in [0.2, 0.25) is 5.82 Å². The monoisotopic (exact) mass is 414 g/mol. The van der Waals surface area contributed by atoms with E-state index in [1.807, 2.05) is 30.3 Å². The molecule has 2 aromatic carbocycles. The molecule has 9 nitrogen and oxygen atoms in total. The highest BCUT2D eigenvalue weighted by molar-refractivity contribution is 7.89. The lowest BCUT2D eigenvalue weighted by molar-refractivity contribution is -0.122. The van der Waals surface area contributed by atoms with Crippen LogP contribution in [0.25, 0.3) is 11.4 Å². The number of aromatic nitrogens is 4. The van der Waals surface area contributed by atoms with Crippen LogP contribution in [0, 0.1) is 0 Å². The first-order valence-corrected chi connectivity index (χ1v) is 10.6. The van der Waals surface area contributed by atoms with Crippen molar-refractivity contribution >= 4 is 15.9 Å². The fourth-order valence-corrected chi connectivity index (χ4v) is 3.44. The van der Waals surface area contributed by atoms with Crippen molar-refractivity contribution in [3.8, 4) is 11.4 Å². The van der Waals surface area contributed by atoms with E-state index >= 15 is 0 Å². The van der Waals surface area contributed by atoms with Crippen molar-refractivity contribution in [2.45, 2.75) is 37.6 Å². The zero-order chi connectivity index (χ0) is 20.9. The Balaban J connectivity index is 1.58. The van der Waals surface area contributed by atoms with Gasteiger partial charge in [0.1, 0.15) is 6.54 Å². The molecular formula is C19H22N6O3S. The van der Waals surface area contributed by atoms with Gasteiger partial charge in [0, 0.05) is 5.56 Å². The van der Waals surface area contributed by atoms with Crippen LogP contribution in [0.4, 0.5) is 0 Å². The second-order valence-corrected chi connectivity index (χ2v) is 8.22. The third-order valence-electron chi connectivity index (χ3n) is 4.47. The third-order valence-corrected chi connectivity index (χ3v) is 5.73. The number of hydrogen-bond acceptors (Lipinski definition) is 6. The summed E-state index contributed by atoms with van der Waals surface area (Å²) in [7, 11) is -3.88. The maximum absolute atomic E-state index is 12.4. The summed E-state index contributed by atoms with van der Waals surface area (Å²) in [5.74, 6) is 0.0950. The summed E-state index contributed by atoms with van der Waals surface area (Å²) in [6, 6.07) is 15.8. The molecule has 1 heterocycles. The predicted octanol–water partition coefficient (Wildman–Crippen LogP) is 1.86. The van der Waals surface area contributed by atoms with E-state index in [1.165, 1.54) is 12.1 Å². The van der Waals surface area contributed by atoms with E-state index in [0.29, 0.717) is 11.7 Å². The molecule has 0 radical (unpaired) electrons. The highest BCUT2D eigenvalue weighted by Gasteiger charge is 2.16. The van der Waals surface area contributed by atoms with Gasteiger partial charge in [0.05, 0.1) is 4.90 Å². The van der Waals surface area contributed by atoms with Crippen molar-refractivity contribution in [1.29, 1.82) is 0 Å². The fraction of sp³-hybridized carbons (Fsp3) is 0.263. The van der Waals surface area contributed by atoms with Crippen molar-refractivity contribution < 1.29 is 13.2 Å². The van der Waals surface area contributed by atoms with E-state index in [2.05, 4.69) is 39.5 Å². The predicted molar refractivity (Wildman–Crippen MR) is 107 cm³/mol. The number of carbonyl (C=O) groups is 1. The second-order valence-electron chi connectivity index (χ2n) is 6.54. The van der Waals surface area contributed by atoms with E-state index in [-0.39, 0.29) is 11.4 Å². The molecule has 2 N–H and O–H groups in total. The topological polar surface area (TPSA) is 119 Å². The van der Waals surface area contributed by atoms with E-state index in [4.69, 9.17) is 0 Å². The smallest absolute Gasteiger partial charge is 0.258 e. The quantitative estimate of drug-likeness (QED) is 0.543. The number of sulfonamides is 1. The van der Waals surface area contributed by atoms with Gasteiger partial charge >= 0.3 is 0 Å². The molecule has 0 aliphatic heterocycles. The Hall–Kier alpha value is -3.11. The molecule has 0 aliphatic carbocycles. The number of hydrazine groups is 1. The normalized spacial score (nSPS) is 12.5. The highest BCUT2D eigenvalue weighted by Crippen LogP contribution is 2.20. The molecule has 0 saturated heterocycles. The Morgan fingerprint density at radius 2 is 1.79 bits per heavy atom. The molecule has 1 aromatic heterocycles. The van der Waals surface area contributed by atoms with E-state index in [9.17, 15) is 13.2 Å². The van der Waals surface area contributed by atoms with Gasteiger partial charge < -0.3 is 0 Å². The minimum absolute atomic E-state index is 0.0649. The number of nitrogens with one attached hydrogen (secondary N) is 2. The Morgan fingerprint density at radius 1 is 1.10 bits per heavy atom. The summed E-state index contributed by atoms with van der Waals surface area (Å²) in [5, 5.41) is 11.8. The Morgan fingerprint density at radius 3 is 2.45 bits per heavy atom. The van der Waals surface area contributed by atoms with E-state index in [0.717, 1.165) is 22.3 Å². The molecule has 0 bridgehead atoms. The summed E-state index contributed by atoms with van der Waals surface area (Å²) in [6.07, 6.45) is 0.961. The summed E-state index contributed by atoms with van der Waals surface area (Å²) in [5.41, 5.74) is 3.98. The van der Waals surface area contributed by atoms with Crippen molar-refractivity contribution in [1.82, 2.24) is 30.5 Å². The SMILES string of the molecule is CC[C@H](C)c1ccc(S(=O)(=O)NNC(=O)Cn2nnc(-c3ccccc3)n2)cc1. The maximum Gasteiger partial charge on any atom is 0.258 e. The molecule has 3 rings (SSSR count). The first kappa shape index (κ1) is 20.6. The average molecular weight is 414 g/mol. The molecule has 0 unspecified atom stereocenters. The van der Waals surface area contributed by atoms with Crippen LogP contribution in [-0.4, -0.2) is 34.5 Å². The fourth-order valence-electron chi connectivity index (χ4n) is 2.58. The lowest BCUT2D eigenvalue weighted by Crippen LogP contribution is -2.43. The molecule has 0 spiro atoms. The largest absolute Gasteiger partial charge is 0.276 e. The van der Waals surface area contributed by atoms with Gasteiger partial charge in [-0.05, 0) is 35.2 Å². The van der Waals surface area contributed by atoms with Crippen LogP contribution in [-0.2, 0) is 21.4 Å². The molecule has 1 atom stereocenters. The number of nitrogens with zero attached hydrogens (tertiary/aromatic N) is 4. The molecule has 3 aromatic rings. The van der Waals surface area contributed by atoms with Crippen molar-refractivity contribution in [3.05, 3.63) is 60.2 Å². The van der Waals surface area contributed by atoms with Gasteiger partial charge in [0.25, 0.3) is 15.9 Å². The molecule has 10 heteroatoms. The van der Waals surface area contributed by atoms with Crippen LogP contribution in [0.5, 0.6) is 0 Å². The molecule has 0 fully saturated rings. The van der Waals surface area contributed by atoms with Crippen LogP contribution >= 0.6 is 0 Å². The van der Waals surface area contributed by atoms with Gasteiger partial charge in [-0.25, -0.2) is 8.42 Å². The van der Waals surface area contributed by atoms with Crippen molar-refractivity contribution in [2.24, 2.45) is 0 Å². The van der Waals surface area contributed by atoms with Crippen molar-refractivity contribution in [2.75, 3.05) is 0 Å². The Kier molecular flexibility index (Phi) is 6.35. The molecule has 1 amide bonds. The van der Waals surface area contributed by atoms with Gasteiger partial charge in [-0.3, -0.25) is 10.2 Å². The third kappa shape index (κ3) is 5.24. The van der Waals surface area contributed by atoms with Crippen LogP contribution in [0.1, 0.15) is 31.7 Å². The van der Waals surface area contributed by atoms with E-state index in [1.54, 1.807) is 12.1 Å². The number of rotatable bonds is 8. The number of tetrazole rings is 1. The second kappa shape index (κ2) is 8.93. The first-order chi connectivity index (χ1) is 13.9. The lowest BCUT2D eigenvalue weighted by Gasteiger charge is -2.11. The van der Waals surface area contributed by atoms with Crippen LogP contribution < -0.4 is 10.3 Å². The summed E-state index contributed by atoms with van der Waals surface area (Å²) in [6.45, 7) is 3.86. The molecular weight excluding hydrogens is 392 g/mol. The summed E-state index contributed by atoms with van der Waals surface area (Å²) >= 11 is 0. The van der Waals surface area contributed by atoms with Crippen LogP contribution in [0.15, 0.2) is 59.5 Å².